The van der Waals surface area contributed by atoms with Gasteiger partial charge in [0.1, 0.15) is 5.75 Å². The number of nitrogens with zero attached hydrogens (tertiary/aromatic N) is 1. The Labute approximate surface area is 150 Å². The van der Waals surface area contributed by atoms with Gasteiger partial charge < -0.3 is 9.47 Å². The average molecular weight is 358 g/mol. The topological polar surface area (TPSA) is 76.4 Å². The third-order valence-electron chi connectivity index (χ3n) is 3.42. The van der Waals surface area contributed by atoms with Gasteiger partial charge in [0.2, 0.25) is 5.78 Å². The molecule has 0 bridgehead atoms. The number of carbonyl (C=O) groups is 2. The van der Waals surface area contributed by atoms with Crippen LogP contribution < -0.4 is 4.74 Å². The third kappa shape index (κ3) is 5.07. The summed E-state index contributed by atoms with van der Waals surface area (Å²) in [5, 5.41) is 9.27. The number of hydrogen-bond donors (Lipinski definition) is 0. The van der Waals surface area contributed by atoms with E-state index < -0.39 is 18.2 Å². The van der Waals surface area contributed by atoms with Crippen molar-refractivity contribution < 1.29 is 19.1 Å². The lowest BCUT2D eigenvalue weighted by molar-refractivity contribution is -0.153. The Morgan fingerprint density at radius 2 is 1.60 bits per heavy atom. The Kier molecular flexibility index (Phi) is 6.15. The standard InChI is InChI=1S/C19H16ClNO4/c1-12(18(22)15-5-7-16(20)8-6-15)25-19(23)13(2)24-17-9-3-14(11-21)4-10-17/h3-10,12-13H,1-2H3/t12-,13+/m0/s1. The van der Waals surface area contributed by atoms with Crippen molar-refractivity contribution in [3.05, 3.63) is 64.7 Å². The Balaban J connectivity index is 1.94. The first-order valence-electron chi connectivity index (χ1n) is 7.58. The van der Waals surface area contributed by atoms with Gasteiger partial charge in [0.25, 0.3) is 0 Å². The molecule has 0 amide bonds. The van der Waals surface area contributed by atoms with Gasteiger partial charge in [-0.3, -0.25) is 4.79 Å². The lowest BCUT2D eigenvalue weighted by atomic mass is 10.1. The predicted octanol–water partition coefficient (Wildman–Crippen LogP) is 3.79. The normalized spacial score (nSPS) is 12.6. The summed E-state index contributed by atoms with van der Waals surface area (Å²) in [6.07, 6.45) is -1.84. The van der Waals surface area contributed by atoms with Crippen LogP contribution >= 0.6 is 11.6 Å². The van der Waals surface area contributed by atoms with E-state index in [9.17, 15) is 9.59 Å². The molecule has 6 heteroatoms. The van der Waals surface area contributed by atoms with E-state index in [-0.39, 0.29) is 5.78 Å². The first-order chi connectivity index (χ1) is 11.9. The molecule has 0 aliphatic heterocycles. The molecule has 2 rings (SSSR count). The summed E-state index contributed by atoms with van der Waals surface area (Å²) in [5.41, 5.74) is 0.898. The lowest BCUT2D eigenvalue weighted by Gasteiger charge is -2.17. The van der Waals surface area contributed by atoms with Gasteiger partial charge in [0, 0.05) is 10.6 Å². The van der Waals surface area contributed by atoms with Gasteiger partial charge in [-0.15, -0.1) is 0 Å². The third-order valence-corrected chi connectivity index (χ3v) is 3.67. The van der Waals surface area contributed by atoms with Gasteiger partial charge >= 0.3 is 5.97 Å². The zero-order chi connectivity index (χ0) is 18.4. The van der Waals surface area contributed by atoms with Crippen molar-refractivity contribution in [2.75, 3.05) is 0 Å². The number of hydrogen-bond acceptors (Lipinski definition) is 5. The number of rotatable bonds is 6. The Bertz CT molecular complexity index is 794. The van der Waals surface area contributed by atoms with Crippen LogP contribution in [0.2, 0.25) is 5.02 Å². The molecule has 5 nitrogen and oxygen atoms in total. The summed E-state index contributed by atoms with van der Waals surface area (Å²) in [6, 6.07) is 14.7. The molecule has 128 valence electrons. The van der Waals surface area contributed by atoms with Gasteiger partial charge in [-0.2, -0.15) is 5.26 Å². The SMILES string of the molecule is C[C@H](OC(=O)[C@@H](C)Oc1ccc(C#N)cc1)C(=O)c1ccc(Cl)cc1. The number of ether oxygens (including phenoxy) is 2. The van der Waals surface area contributed by atoms with Crippen LogP contribution in [0.4, 0.5) is 0 Å². The molecule has 0 saturated carbocycles. The molecule has 0 spiro atoms. The Hall–Kier alpha value is -2.84. The van der Waals surface area contributed by atoms with Gasteiger partial charge in [0.05, 0.1) is 11.6 Å². The molecule has 2 aromatic rings. The van der Waals surface area contributed by atoms with E-state index >= 15 is 0 Å². The average Bonchev–Trinajstić information content (AvgIpc) is 2.62. The number of halogens is 1. The quantitative estimate of drug-likeness (QED) is 0.580. The van der Waals surface area contributed by atoms with E-state index in [1.165, 1.54) is 13.8 Å². The number of nitriles is 1. The maximum absolute atomic E-state index is 12.3. The van der Waals surface area contributed by atoms with E-state index in [4.69, 9.17) is 26.3 Å². The minimum absolute atomic E-state index is 0.324. The predicted molar refractivity (Wildman–Crippen MR) is 92.6 cm³/mol. The number of esters is 1. The maximum atomic E-state index is 12.3. The van der Waals surface area contributed by atoms with Crippen molar-refractivity contribution in [1.82, 2.24) is 0 Å². The number of carbonyl (C=O) groups excluding carboxylic acids is 2. The summed E-state index contributed by atoms with van der Waals surface area (Å²) in [4.78, 5) is 24.3. The van der Waals surface area contributed by atoms with E-state index in [2.05, 4.69) is 0 Å². The van der Waals surface area contributed by atoms with Crippen molar-refractivity contribution >= 4 is 23.4 Å². The molecular weight excluding hydrogens is 342 g/mol. The highest BCUT2D eigenvalue weighted by Crippen LogP contribution is 2.16. The summed E-state index contributed by atoms with van der Waals surface area (Å²) < 4.78 is 10.6. The fourth-order valence-electron chi connectivity index (χ4n) is 2.03. The van der Waals surface area contributed by atoms with Crippen LogP contribution in [0.5, 0.6) is 5.75 Å². The minimum atomic E-state index is -0.944. The van der Waals surface area contributed by atoms with E-state index in [0.29, 0.717) is 21.9 Å². The molecule has 0 unspecified atom stereocenters. The molecule has 0 radical (unpaired) electrons. The number of ketones is 1. The van der Waals surface area contributed by atoms with Crippen LogP contribution in [0.3, 0.4) is 0 Å². The molecule has 0 saturated heterocycles. The fraction of sp³-hybridized carbons (Fsp3) is 0.211. The first-order valence-corrected chi connectivity index (χ1v) is 7.95. The molecule has 2 atom stereocenters. The Morgan fingerprint density at radius 1 is 1.00 bits per heavy atom. The minimum Gasteiger partial charge on any atom is -0.479 e. The monoisotopic (exact) mass is 357 g/mol. The van der Waals surface area contributed by atoms with Crippen molar-refractivity contribution in [1.29, 1.82) is 5.26 Å². The Morgan fingerprint density at radius 3 is 2.16 bits per heavy atom. The molecule has 25 heavy (non-hydrogen) atoms. The zero-order valence-electron chi connectivity index (χ0n) is 13.7. The molecule has 0 N–H and O–H groups in total. The van der Waals surface area contributed by atoms with Crippen LogP contribution in [0.25, 0.3) is 0 Å². The molecule has 0 aliphatic carbocycles. The lowest BCUT2D eigenvalue weighted by Crippen LogP contribution is -2.32. The summed E-state index contributed by atoms with van der Waals surface area (Å²) in [5.74, 6) is -0.546. The summed E-state index contributed by atoms with van der Waals surface area (Å²) in [6.45, 7) is 3.03. The largest absolute Gasteiger partial charge is 0.479 e. The highest BCUT2D eigenvalue weighted by atomic mass is 35.5. The molecule has 0 aromatic heterocycles. The van der Waals surface area contributed by atoms with Crippen LogP contribution in [0, 0.1) is 11.3 Å². The molecule has 0 heterocycles. The second-order valence-electron chi connectivity index (χ2n) is 5.35. The van der Waals surface area contributed by atoms with E-state index in [1.807, 2.05) is 6.07 Å². The smallest absolute Gasteiger partial charge is 0.347 e. The van der Waals surface area contributed by atoms with Gasteiger partial charge in [-0.1, -0.05) is 11.6 Å². The van der Waals surface area contributed by atoms with E-state index in [1.54, 1.807) is 48.5 Å². The van der Waals surface area contributed by atoms with Crippen LogP contribution in [-0.4, -0.2) is 24.0 Å². The number of benzene rings is 2. The van der Waals surface area contributed by atoms with Crippen molar-refractivity contribution in [3.63, 3.8) is 0 Å². The highest BCUT2D eigenvalue weighted by molar-refractivity contribution is 6.30. The van der Waals surface area contributed by atoms with Crippen LogP contribution in [0.1, 0.15) is 29.8 Å². The fourth-order valence-corrected chi connectivity index (χ4v) is 2.16. The van der Waals surface area contributed by atoms with Crippen molar-refractivity contribution in [2.45, 2.75) is 26.1 Å². The molecular formula is C19H16ClNO4. The van der Waals surface area contributed by atoms with Gasteiger partial charge in [0.15, 0.2) is 12.2 Å². The molecule has 0 fully saturated rings. The second-order valence-corrected chi connectivity index (χ2v) is 5.78. The highest BCUT2D eigenvalue weighted by Gasteiger charge is 2.24. The molecule has 2 aromatic carbocycles. The molecule has 0 aliphatic rings. The van der Waals surface area contributed by atoms with Crippen LogP contribution in [-0.2, 0) is 9.53 Å². The summed E-state index contributed by atoms with van der Waals surface area (Å²) in [7, 11) is 0. The van der Waals surface area contributed by atoms with E-state index in [0.717, 1.165) is 0 Å². The first kappa shape index (κ1) is 18.5. The van der Waals surface area contributed by atoms with Gasteiger partial charge in [-0.05, 0) is 62.4 Å². The summed E-state index contributed by atoms with van der Waals surface area (Å²) >= 11 is 5.79. The van der Waals surface area contributed by atoms with Crippen molar-refractivity contribution in [3.8, 4) is 11.8 Å². The second kappa shape index (κ2) is 8.32. The van der Waals surface area contributed by atoms with Crippen LogP contribution in [0.15, 0.2) is 48.5 Å². The maximum Gasteiger partial charge on any atom is 0.347 e. The number of Topliss-reactive ketones (excluding diaryl/α,β-unsaturated/α-hetero) is 1. The van der Waals surface area contributed by atoms with Gasteiger partial charge in [-0.25, -0.2) is 4.79 Å². The zero-order valence-corrected chi connectivity index (χ0v) is 14.5. The van der Waals surface area contributed by atoms with Crippen molar-refractivity contribution in [2.24, 2.45) is 0 Å².